The van der Waals surface area contributed by atoms with E-state index < -0.39 is 0 Å². The third kappa shape index (κ3) is 4.46. The summed E-state index contributed by atoms with van der Waals surface area (Å²) in [6, 6.07) is 0. The van der Waals surface area contributed by atoms with Crippen LogP contribution < -0.4 is 5.32 Å². The van der Waals surface area contributed by atoms with Gasteiger partial charge in [-0.15, -0.1) is 0 Å². The second kappa shape index (κ2) is 8.54. The molecule has 0 saturated carbocycles. The average Bonchev–Trinajstić information content (AvgIpc) is 2.44. The Morgan fingerprint density at radius 2 is 2.16 bits per heavy atom. The zero-order valence-electron chi connectivity index (χ0n) is 12.8. The summed E-state index contributed by atoms with van der Waals surface area (Å²) in [5.41, 5.74) is -0.171. The van der Waals surface area contributed by atoms with Gasteiger partial charge in [-0.25, -0.2) is 0 Å². The Kier molecular flexibility index (Phi) is 7.39. The van der Waals surface area contributed by atoms with Gasteiger partial charge in [-0.1, -0.05) is 13.3 Å². The van der Waals surface area contributed by atoms with Crippen LogP contribution in [0.25, 0.3) is 0 Å². The lowest BCUT2D eigenvalue weighted by molar-refractivity contribution is -0.144. The second-order valence-corrected chi connectivity index (χ2v) is 5.39. The SMILES string of the molecule is CCCC1(C(=O)N(CC)CCOCC)CCCNC1. The maximum Gasteiger partial charge on any atom is 0.230 e. The van der Waals surface area contributed by atoms with Gasteiger partial charge in [0.15, 0.2) is 0 Å². The summed E-state index contributed by atoms with van der Waals surface area (Å²) in [4.78, 5) is 14.8. The highest BCUT2D eigenvalue weighted by atomic mass is 16.5. The minimum atomic E-state index is -0.171. The third-order valence-electron chi connectivity index (χ3n) is 4.03. The first kappa shape index (κ1) is 16.4. The van der Waals surface area contributed by atoms with Gasteiger partial charge in [-0.3, -0.25) is 4.79 Å². The van der Waals surface area contributed by atoms with E-state index in [1.54, 1.807) is 0 Å². The number of amides is 1. The quantitative estimate of drug-likeness (QED) is 0.686. The highest BCUT2D eigenvalue weighted by Gasteiger charge is 2.40. The molecule has 4 nitrogen and oxygen atoms in total. The van der Waals surface area contributed by atoms with Crippen LogP contribution in [-0.4, -0.2) is 50.2 Å². The molecule has 4 heteroatoms. The van der Waals surface area contributed by atoms with Crippen LogP contribution in [0, 0.1) is 5.41 Å². The molecule has 0 spiro atoms. The summed E-state index contributed by atoms with van der Waals surface area (Å²) in [7, 11) is 0. The minimum absolute atomic E-state index is 0.171. The topological polar surface area (TPSA) is 41.6 Å². The van der Waals surface area contributed by atoms with Crippen LogP contribution in [0.2, 0.25) is 0 Å². The van der Waals surface area contributed by atoms with Gasteiger partial charge in [-0.05, 0) is 39.7 Å². The first-order valence-corrected chi connectivity index (χ1v) is 7.78. The Bertz CT molecular complexity index is 257. The van der Waals surface area contributed by atoms with Gasteiger partial charge in [0.25, 0.3) is 0 Å². The zero-order chi connectivity index (χ0) is 14.1. The largest absolute Gasteiger partial charge is 0.380 e. The van der Waals surface area contributed by atoms with Crippen molar-refractivity contribution in [3.63, 3.8) is 0 Å². The van der Waals surface area contributed by atoms with Gasteiger partial charge in [0.2, 0.25) is 5.91 Å². The van der Waals surface area contributed by atoms with Crippen molar-refractivity contribution < 1.29 is 9.53 Å². The van der Waals surface area contributed by atoms with Crippen molar-refractivity contribution in [3.05, 3.63) is 0 Å². The van der Waals surface area contributed by atoms with E-state index in [9.17, 15) is 4.79 Å². The van der Waals surface area contributed by atoms with Crippen LogP contribution in [0.3, 0.4) is 0 Å². The number of nitrogens with one attached hydrogen (secondary N) is 1. The molecule has 1 aliphatic heterocycles. The molecule has 0 aromatic rings. The minimum Gasteiger partial charge on any atom is -0.380 e. The van der Waals surface area contributed by atoms with E-state index in [1.165, 1.54) is 0 Å². The smallest absolute Gasteiger partial charge is 0.230 e. The molecule has 1 atom stereocenters. The van der Waals surface area contributed by atoms with Crippen LogP contribution >= 0.6 is 0 Å². The van der Waals surface area contributed by atoms with Gasteiger partial charge in [0.05, 0.1) is 12.0 Å². The summed E-state index contributed by atoms with van der Waals surface area (Å²) < 4.78 is 5.39. The molecule has 0 aromatic carbocycles. The third-order valence-corrected chi connectivity index (χ3v) is 4.03. The molecular formula is C15H30N2O2. The Morgan fingerprint density at radius 1 is 1.37 bits per heavy atom. The molecule has 1 heterocycles. The van der Waals surface area contributed by atoms with Crippen LogP contribution in [0.4, 0.5) is 0 Å². The van der Waals surface area contributed by atoms with Crippen molar-refractivity contribution in [1.82, 2.24) is 10.2 Å². The van der Waals surface area contributed by atoms with Gasteiger partial charge in [-0.2, -0.15) is 0 Å². The highest BCUT2D eigenvalue weighted by molar-refractivity contribution is 5.83. The van der Waals surface area contributed by atoms with Gasteiger partial charge >= 0.3 is 0 Å². The lowest BCUT2D eigenvalue weighted by Crippen LogP contribution is -2.52. The molecule has 0 bridgehead atoms. The molecule has 1 fully saturated rings. The van der Waals surface area contributed by atoms with Crippen molar-refractivity contribution in [2.45, 2.75) is 46.5 Å². The fourth-order valence-corrected chi connectivity index (χ4v) is 3.01. The second-order valence-electron chi connectivity index (χ2n) is 5.39. The lowest BCUT2D eigenvalue weighted by atomic mass is 9.75. The summed E-state index contributed by atoms with van der Waals surface area (Å²) in [6.07, 6.45) is 4.19. The number of hydrogen-bond acceptors (Lipinski definition) is 3. The van der Waals surface area contributed by atoms with E-state index in [1.807, 2.05) is 11.8 Å². The Labute approximate surface area is 117 Å². The molecule has 19 heavy (non-hydrogen) atoms. The molecule has 1 N–H and O–H groups in total. The van der Waals surface area contributed by atoms with E-state index in [-0.39, 0.29) is 5.41 Å². The number of hydrogen-bond donors (Lipinski definition) is 1. The molecule has 0 radical (unpaired) electrons. The maximum atomic E-state index is 12.9. The van der Waals surface area contributed by atoms with E-state index in [0.717, 1.165) is 45.3 Å². The Morgan fingerprint density at radius 3 is 2.68 bits per heavy atom. The number of carbonyl (C=O) groups excluding carboxylic acids is 1. The first-order chi connectivity index (χ1) is 9.20. The number of likely N-dealkylation sites (N-methyl/N-ethyl adjacent to an activating group) is 1. The number of carbonyl (C=O) groups is 1. The van der Waals surface area contributed by atoms with Crippen molar-refractivity contribution in [2.24, 2.45) is 5.41 Å². The van der Waals surface area contributed by atoms with Crippen LogP contribution in [-0.2, 0) is 9.53 Å². The van der Waals surface area contributed by atoms with E-state index >= 15 is 0 Å². The van der Waals surface area contributed by atoms with Gasteiger partial charge in [0.1, 0.15) is 0 Å². The normalized spacial score (nSPS) is 23.3. The molecule has 1 unspecified atom stereocenters. The fraction of sp³-hybridized carbons (Fsp3) is 0.933. The predicted molar refractivity (Wildman–Crippen MR) is 78.2 cm³/mol. The number of piperidine rings is 1. The van der Waals surface area contributed by atoms with Gasteiger partial charge in [0, 0.05) is 26.2 Å². The first-order valence-electron chi connectivity index (χ1n) is 7.78. The van der Waals surface area contributed by atoms with Crippen LogP contribution in [0.15, 0.2) is 0 Å². The summed E-state index contributed by atoms with van der Waals surface area (Å²) >= 11 is 0. The average molecular weight is 270 g/mol. The van der Waals surface area contributed by atoms with Gasteiger partial charge < -0.3 is 15.0 Å². The molecule has 1 amide bonds. The molecular weight excluding hydrogens is 240 g/mol. The van der Waals surface area contributed by atoms with Crippen molar-refractivity contribution in [1.29, 1.82) is 0 Å². The van der Waals surface area contributed by atoms with Crippen molar-refractivity contribution in [2.75, 3.05) is 39.4 Å². The molecule has 112 valence electrons. The fourth-order valence-electron chi connectivity index (χ4n) is 3.01. The number of rotatable bonds is 8. The van der Waals surface area contributed by atoms with E-state index in [4.69, 9.17) is 4.74 Å². The lowest BCUT2D eigenvalue weighted by Gasteiger charge is -2.40. The summed E-state index contributed by atoms with van der Waals surface area (Å²) in [5.74, 6) is 0.323. The predicted octanol–water partition coefficient (Wildman–Crippen LogP) is 2.04. The zero-order valence-corrected chi connectivity index (χ0v) is 12.8. The Balaban J connectivity index is 2.67. The molecule has 0 aliphatic carbocycles. The number of nitrogens with zero attached hydrogens (tertiary/aromatic N) is 1. The van der Waals surface area contributed by atoms with Crippen molar-refractivity contribution in [3.8, 4) is 0 Å². The molecule has 1 saturated heterocycles. The molecule has 1 rings (SSSR count). The standard InChI is InChI=1S/C15H30N2O2/c1-4-8-15(9-7-10-16-13-15)14(18)17(5-2)11-12-19-6-3/h16H,4-13H2,1-3H3. The number of ether oxygens (including phenoxy) is 1. The summed E-state index contributed by atoms with van der Waals surface area (Å²) in [5, 5.41) is 3.41. The summed E-state index contributed by atoms with van der Waals surface area (Å²) in [6.45, 7) is 10.9. The monoisotopic (exact) mass is 270 g/mol. The van der Waals surface area contributed by atoms with E-state index in [0.29, 0.717) is 25.7 Å². The van der Waals surface area contributed by atoms with Crippen LogP contribution in [0.5, 0.6) is 0 Å². The van der Waals surface area contributed by atoms with Crippen LogP contribution in [0.1, 0.15) is 46.5 Å². The Hall–Kier alpha value is -0.610. The highest BCUT2D eigenvalue weighted by Crippen LogP contribution is 2.33. The van der Waals surface area contributed by atoms with Crippen molar-refractivity contribution >= 4 is 5.91 Å². The maximum absolute atomic E-state index is 12.9. The molecule has 0 aromatic heterocycles. The molecule has 1 aliphatic rings. The van der Waals surface area contributed by atoms with E-state index in [2.05, 4.69) is 19.2 Å².